The summed E-state index contributed by atoms with van der Waals surface area (Å²) in [4.78, 5) is 8.69. The molecule has 0 atom stereocenters. The highest BCUT2D eigenvalue weighted by Gasteiger charge is 2.30. The van der Waals surface area contributed by atoms with E-state index < -0.39 is 21.6 Å². The first kappa shape index (κ1) is 24.7. The average Bonchev–Trinajstić information content (AvgIpc) is 2.82. The van der Waals surface area contributed by atoms with Crippen molar-refractivity contribution in [2.45, 2.75) is 17.7 Å². The van der Waals surface area contributed by atoms with Gasteiger partial charge in [0.05, 0.1) is 17.5 Å². The summed E-state index contributed by atoms with van der Waals surface area (Å²) < 4.78 is 68.8. The molecule has 0 spiro atoms. The predicted molar refractivity (Wildman–Crippen MR) is 127 cm³/mol. The molecule has 0 bridgehead atoms. The minimum absolute atomic E-state index is 0.00962. The first-order valence-electron chi connectivity index (χ1n) is 10.2. The maximum Gasteiger partial charge on any atom is 0.416 e. The number of hydrogen-bond acceptors (Lipinski definition) is 5. The van der Waals surface area contributed by atoms with E-state index in [0.717, 1.165) is 18.4 Å². The van der Waals surface area contributed by atoms with Gasteiger partial charge in [-0.3, -0.25) is 0 Å². The van der Waals surface area contributed by atoms with Gasteiger partial charge in [-0.05, 0) is 54.1 Å². The lowest BCUT2D eigenvalue weighted by atomic mass is 10.1. The largest absolute Gasteiger partial charge is 0.489 e. The molecule has 180 valence electrons. The van der Waals surface area contributed by atoms with E-state index in [1.807, 2.05) is 0 Å². The SMILES string of the molecule is CS(=O)(=O)c1cnc(-c2ccc(OCc3cccc(C(F)(F)F)c3)cc2)nc1-c1ccc(Cl)cc1. The van der Waals surface area contributed by atoms with Crippen LogP contribution in [-0.4, -0.2) is 24.6 Å². The van der Waals surface area contributed by atoms with E-state index in [4.69, 9.17) is 16.3 Å². The van der Waals surface area contributed by atoms with Crippen molar-refractivity contribution in [3.05, 3.63) is 95.1 Å². The van der Waals surface area contributed by atoms with Crippen molar-refractivity contribution in [3.63, 3.8) is 0 Å². The van der Waals surface area contributed by atoms with Crippen LogP contribution in [0, 0.1) is 0 Å². The van der Waals surface area contributed by atoms with Crippen LogP contribution in [0.2, 0.25) is 5.02 Å². The summed E-state index contributed by atoms with van der Waals surface area (Å²) in [5.74, 6) is 0.739. The van der Waals surface area contributed by atoms with E-state index in [2.05, 4.69) is 9.97 Å². The Morgan fingerprint density at radius 2 is 1.60 bits per heavy atom. The Labute approximate surface area is 205 Å². The summed E-state index contributed by atoms with van der Waals surface area (Å²) in [7, 11) is -3.59. The number of alkyl halides is 3. The van der Waals surface area contributed by atoms with Gasteiger partial charge in [-0.15, -0.1) is 0 Å². The van der Waals surface area contributed by atoms with Crippen LogP contribution in [0.3, 0.4) is 0 Å². The fourth-order valence-electron chi connectivity index (χ4n) is 3.30. The minimum atomic E-state index is -4.42. The van der Waals surface area contributed by atoms with Gasteiger partial charge in [0, 0.05) is 22.4 Å². The third kappa shape index (κ3) is 5.98. The lowest BCUT2D eigenvalue weighted by molar-refractivity contribution is -0.137. The predicted octanol–water partition coefficient (Wildman–Crippen LogP) is 6.47. The van der Waals surface area contributed by atoms with Crippen molar-refractivity contribution in [2.24, 2.45) is 0 Å². The minimum Gasteiger partial charge on any atom is -0.489 e. The molecule has 10 heteroatoms. The van der Waals surface area contributed by atoms with Gasteiger partial charge in [0.15, 0.2) is 15.7 Å². The molecule has 0 saturated carbocycles. The fraction of sp³-hybridized carbons (Fsp3) is 0.120. The third-order valence-corrected chi connectivity index (χ3v) is 6.39. The van der Waals surface area contributed by atoms with E-state index in [1.54, 1.807) is 54.6 Å². The molecule has 4 aromatic rings. The molecule has 1 aromatic heterocycles. The van der Waals surface area contributed by atoms with Gasteiger partial charge in [0.2, 0.25) is 0 Å². The number of nitrogens with zero attached hydrogens (tertiary/aromatic N) is 2. The first-order chi connectivity index (χ1) is 16.5. The van der Waals surface area contributed by atoms with Crippen molar-refractivity contribution in [1.29, 1.82) is 0 Å². The Morgan fingerprint density at radius 3 is 2.23 bits per heavy atom. The number of ether oxygens (including phenoxy) is 1. The normalized spacial score (nSPS) is 11.9. The molecule has 0 aliphatic rings. The smallest absolute Gasteiger partial charge is 0.416 e. The maximum atomic E-state index is 12.9. The lowest BCUT2D eigenvalue weighted by Gasteiger charge is -2.11. The molecule has 4 rings (SSSR count). The van der Waals surface area contributed by atoms with Crippen LogP contribution in [0.5, 0.6) is 5.75 Å². The highest BCUT2D eigenvalue weighted by molar-refractivity contribution is 7.90. The average molecular weight is 519 g/mol. The van der Waals surface area contributed by atoms with Crippen LogP contribution in [-0.2, 0) is 22.6 Å². The van der Waals surface area contributed by atoms with E-state index in [9.17, 15) is 21.6 Å². The number of rotatable bonds is 6. The summed E-state index contributed by atoms with van der Waals surface area (Å²) >= 11 is 5.95. The zero-order chi connectivity index (χ0) is 25.2. The Hall–Kier alpha value is -3.43. The molecule has 35 heavy (non-hydrogen) atoms. The van der Waals surface area contributed by atoms with Gasteiger partial charge >= 0.3 is 6.18 Å². The standard InChI is InChI=1S/C25H18ClF3N2O3S/c1-35(32,33)22-14-30-24(31-23(22)17-5-9-20(26)10-6-17)18-7-11-21(12-8-18)34-15-16-3-2-4-19(13-16)25(27,28)29/h2-14H,15H2,1H3. The molecule has 1 heterocycles. The lowest BCUT2D eigenvalue weighted by Crippen LogP contribution is -2.06. The maximum absolute atomic E-state index is 12.9. The monoisotopic (exact) mass is 518 g/mol. The Balaban J connectivity index is 1.57. The molecule has 0 unspecified atom stereocenters. The molecule has 3 aromatic carbocycles. The number of sulfone groups is 1. The van der Waals surface area contributed by atoms with Crippen LogP contribution in [0.1, 0.15) is 11.1 Å². The number of benzene rings is 3. The van der Waals surface area contributed by atoms with Gasteiger partial charge < -0.3 is 4.74 Å². The number of aromatic nitrogens is 2. The second kappa shape index (κ2) is 9.67. The molecular formula is C25H18ClF3N2O3S. The quantitative estimate of drug-likeness (QED) is 0.293. The topological polar surface area (TPSA) is 69.2 Å². The zero-order valence-corrected chi connectivity index (χ0v) is 19.8. The van der Waals surface area contributed by atoms with Crippen molar-refractivity contribution in [3.8, 4) is 28.4 Å². The van der Waals surface area contributed by atoms with Crippen molar-refractivity contribution < 1.29 is 26.3 Å². The second-order valence-electron chi connectivity index (χ2n) is 7.70. The number of halogens is 4. The van der Waals surface area contributed by atoms with Gasteiger partial charge in [0.25, 0.3) is 0 Å². The molecule has 0 saturated heterocycles. The van der Waals surface area contributed by atoms with E-state index in [-0.39, 0.29) is 17.2 Å². The molecular weight excluding hydrogens is 501 g/mol. The Kier molecular flexibility index (Phi) is 6.82. The van der Waals surface area contributed by atoms with E-state index in [1.165, 1.54) is 12.3 Å². The van der Waals surface area contributed by atoms with E-state index in [0.29, 0.717) is 33.3 Å². The first-order valence-corrected chi connectivity index (χ1v) is 12.5. The van der Waals surface area contributed by atoms with Gasteiger partial charge in [-0.25, -0.2) is 18.4 Å². The van der Waals surface area contributed by atoms with Gasteiger partial charge in [-0.1, -0.05) is 35.9 Å². The molecule has 5 nitrogen and oxygen atoms in total. The van der Waals surface area contributed by atoms with Crippen molar-refractivity contribution in [2.75, 3.05) is 6.26 Å². The molecule has 0 N–H and O–H groups in total. The van der Waals surface area contributed by atoms with Crippen LogP contribution < -0.4 is 4.74 Å². The van der Waals surface area contributed by atoms with Crippen LogP contribution in [0.4, 0.5) is 13.2 Å². The summed E-state index contributed by atoms with van der Waals surface area (Å²) in [6.07, 6.45) is -2.07. The molecule has 0 aliphatic carbocycles. The Bertz CT molecular complexity index is 1460. The Morgan fingerprint density at radius 1 is 0.943 bits per heavy atom. The fourth-order valence-corrected chi connectivity index (χ4v) is 4.18. The van der Waals surface area contributed by atoms with Crippen LogP contribution >= 0.6 is 11.6 Å². The summed E-state index contributed by atoms with van der Waals surface area (Å²) in [6.45, 7) is -0.0382. The molecule has 0 fully saturated rings. The molecule has 0 radical (unpaired) electrons. The molecule has 0 amide bonds. The second-order valence-corrected chi connectivity index (χ2v) is 10.1. The zero-order valence-electron chi connectivity index (χ0n) is 18.3. The highest BCUT2D eigenvalue weighted by atomic mass is 35.5. The van der Waals surface area contributed by atoms with Crippen LogP contribution in [0.25, 0.3) is 22.6 Å². The van der Waals surface area contributed by atoms with Crippen molar-refractivity contribution >= 4 is 21.4 Å². The van der Waals surface area contributed by atoms with E-state index >= 15 is 0 Å². The summed E-state index contributed by atoms with van der Waals surface area (Å²) in [5.41, 5.74) is 1.07. The summed E-state index contributed by atoms with van der Waals surface area (Å²) in [5, 5.41) is 0.504. The van der Waals surface area contributed by atoms with Crippen LogP contribution in [0.15, 0.2) is 83.9 Å². The van der Waals surface area contributed by atoms with Gasteiger partial charge in [0.1, 0.15) is 17.3 Å². The van der Waals surface area contributed by atoms with Crippen molar-refractivity contribution in [1.82, 2.24) is 9.97 Å². The van der Waals surface area contributed by atoms with Gasteiger partial charge in [-0.2, -0.15) is 13.2 Å². The third-order valence-electron chi connectivity index (χ3n) is 5.04. The number of hydrogen-bond donors (Lipinski definition) is 0. The molecule has 0 aliphatic heterocycles. The highest BCUT2D eigenvalue weighted by Crippen LogP contribution is 2.31. The summed E-state index contributed by atoms with van der Waals surface area (Å²) in [6, 6.07) is 18.2.